The second kappa shape index (κ2) is 7.55. The molecule has 0 bridgehead atoms. The first-order chi connectivity index (χ1) is 15.8. The first-order valence-electron chi connectivity index (χ1n) is 10.5. The van der Waals surface area contributed by atoms with Crippen molar-refractivity contribution in [1.82, 2.24) is 0 Å². The molecule has 0 spiro atoms. The van der Waals surface area contributed by atoms with Crippen LogP contribution in [0.25, 0.3) is 32.7 Å². The molecule has 0 fully saturated rings. The van der Waals surface area contributed by atoms with E-state index in [9.17, 15) is 0 Å². The summed E-state index contributed by atoms with van der Waals surface area (Å²) in [4.78, 5) is 0. The minimum Gasteiger partial charge on any atom is -0.496 e. The van der Waals surface area contributed by atoms with E-state index in [2.05, 4.69) is 78.9 Å². The molecule has 1 aliphatic heterocycles. The van der Waals surface area contributed by atoms with Crippen LogP contribution in [-0.2, 0) is 0 Å². The van der Waals surface area contributed by atoms with E-state index in [1.165, 1.54) is 21.6 Å². The zero-order valence-electron chi connectivity index (χ0n) is 17.8. The molecule has 1 aliphatic rings. The molecule has 0 radical (unpaired) electrons. The van der Waals surface area contributed by atoms with Gasteiger partial charge in [0.2, 0.25) is 0 Å². The van der Waals surface area contributed by atoms with Gasteiger partial charge in [0.05, 0.1) is 19.5 Å². The van der Waals surface area contributed by atoms with Crippen molar-refractivity contribution >= 4 is 40.3 Å². The third kappa shape index (κ3) is 2.86. The van der Waals surface area contributed by atoms with E-state index in [-0.39, 0.29) is 0 Å². The predicted molar refractivity (Wildman–Crippen MR) is 133 cm³/mol. The topological polar surface area (TPSA) is 27.7 Å². The molecule has 0 aromatic heterocycles. The van der Waals surface area contributed by atoms with Gasteiger partial charge in [0.1, 0.15) is 17.2 Å². The van der Waals surface area contributed by atoms with Gasteiger partial charge in [0.25, 0.3) is 0 Å². The van der Waals surface area contributed by atoms with E-state index in [1.807, 2.05) is 12.1 Å². The zero-order chi connectivity index (χ0) is 21.7. The minimum absolute atomic E-state index is 0.823. The van der Waals surface area contributed by atoms with E-state index in [0.717, 1.165) is 38.9 Å². The quantitative estimate of drug-likeness (QED) is 0.241. The molecule has 3 nitrogen and oxygen atoms in total. The van der Waals surface area contributed by atoms with Crippen molar-refractivity contribution in [2.24, 2.45) is 0 Å². The minimum atomic E-state index is -1.14. The molecule has 6 rings (SSSR count). The molecular formula is C28H21O3P. The summed E-state index contributed by atoms with van der Waals surface area (Å²) in [5, 5.41) is 6.61. The van der Waals surface area contributed by atoms with Gasteiger partial charge in [0, 0.05) is 21.6 Å². The van der Waals surface area contributed by atoms with Gasteiger partial charge >= 0.3 is 0 Å². The number of rotatable bonds is 3. The maximum Gasteiger partial charge on any atom is 0.155 e. The predicted octanol–water partition coefficient (Wildman–Crippen LogP) is 6.42. The van der Waals surface area contributed by atoms with Crippen LogP contribution in [0.15, 0.2) is 91.0 Å². The zero-order valence-corrected chi connectivity index (χ0v) is 18.7. The largest absolute Gasteiger partial charge is 0.496 e. The molecule has 5 aromatic carbocycles. The van der Waals surface area contributed by atoms with Crippen molar-refractivity contribution in [2.75, 3.05) is 14.2 Å². The third-order valence-corrected chi connectivity index (χ3v) is 8.01. The van der Waals surface area contributed by atoms with Gasteiger partial charge in [-0.05, 0) is 40.6 Å². The Hall–Kier alpha value is -3.55. The molecular weight excluding hydrogens is 415 g/mol. The lowest BCUT2D eigenvalue weighted by atomic mass is 10.0. The van der Waals surface area contributed by atoms with Gasteiger partial charge in [0.15, 0.2) is 8.15 Å². The average molecular weight is 436 g/mol. The van der Waals surface area contributed by atoms with Crippen LogP contribution in [0.3, 0.4) is 0 Å². The van der Waals surface area contributed by atoms with Crippen molar-refractivity contribution in [3.8, 4) is 28.4 Å². The standard InChI is InChI=1S/C28H21O3P/c1-29-25-17-27(28(30-2)23-16-19-10-4-3-9-18(19)15-22(23)25)32-26-14-8-6-12-21(26)20-11-5-7-13-24(20)31-32/h3-17H,1-2H3. The van der Waals surface area contributed by atoms with Gasteiger partial charge in [-0.2, -0.15) is 0 Å². The maximum absolute atomic E-state index is 6.65. The molecule has 1 atom stereocenters. The van der Waals surface area contributed by atoms with Crippen molar-refractivity contribution in [1.29, 1.82) is 0 Å². The summed E-state index contributed by atoms with van der Waals surface area (Å²) in [7, 11) is 2.32. The Kier molecular flexibility index (Phi) is 4.52. The molecule has 32 heavy (non-hydrogen) atoms. The van der Waals surface area contributed by atoms with Gasteiger partial charge in [-0.1, -0.05) is 66.7 Å². The Morgan fingerprint density at radius 3 is 2.03 bits per heavy atom. The highest BCUT2D eigenvalue weighted by Gasteiger charge is 2.31. The summed E-state index contributed by atoms with van der Waals surface area (Å²) in [6, 6.07) is 31.5. The van der Waals surface area contributed by atoms with E-state index in [4.69, 9.17) is 14.0 Å². The highest BCUT2D eigenvalue weighted by Crippen LogP contribution is 2.51. The number of hydrogen-bond acceptors (Lipinski definition) is 3. The summed E-state index contributed by atoms with van der Waals surface area (Å²) >= 11 is 0. The number of fused-ring (bicyclic) bond motifs is 5. The molecule has 0 N–H and O–H groups in total. The molecule has 1 unspecified atom stereocenters. The van der Waals surface area contributed by atoms with E-state index in [0.29, 0.717) is 0 Å². The summed E-state index contributed by atoms with van der Waals surface area (Å²) in [6.45, 7) is 0. The number of methoxy groups -OCH3 is 2. The summed E-state index contributed by atoms with van der Waals surface area (Å²) in [5.41, 5.74) is 2.33. The van der Waals surface area contributed by atoms with Crippen LogP contribution in [0.5, 0.6) is 17.2 Å². The Bertz CT molecular complexity index is 1490. The fourth-order valence-corrected chi connectivity index (χ4v) is 6.62. The van der Waals surface area contributed by atoms with Crippen LogP contribution in [0.4, 0.5) is 0 Å². The lowest BCUT2D eigenvalue weighted by Crippen LogP contribution is -2.22. The highest BCUT2D eigenvalue weighted by atomic mass is 31.1. The van der Waals surface area contributed by atoms with Crippen molar-refractivity contribution in [3.05, 3.63) is 91.0 Å². The molecule has 0 aliphatic carbocycles. The number of hydrogen-bond donors (Lipinski definition) is 0. The smallest absolute Gasteiger partial charge is 0.155 e. The van der Waals surface area contributed by atoms with Crippen LogP contribution in [0.2, 0.25) is 0 Å². The van der Waals surface area contributed by atoms with Gasteiger partial charge in [-0.15, -0.1) is 0 Å². The molecule has 5 aromatic rings. The van der Waals surface area contributed by atoms with E-state index < -0.39 is 8.15 Å². The number of ether oxygens (including phenoxy) is 2. The Labute approximate surface area is 188 Å². The lowest BCUT2D eigenvalue weighted by Gasteiger charge is -2.30. The van der Waals surface area contributed by atoms with Crippen LogP contribution >= 0.6 is 8.15 Å². The Morgan fingerprint density at radius 1 is 0.625 bits per heavy atom. The lowest BCUT2D eigenvalue weighted by molar-refractivity contribution is 0.413. The Balaban J connectivity index is 1.65. The van der Waals surface area contributed by atoms with E-state index in [1.54, 1.807) is 14.2 Å². The van der Waals surface area contributed by atoms with Crippen molar-refractivity contribution < 1.29 is 14.0 Å². The highest BCUT2D eigenvalue weighted by molar-refractivity contribution is 7.69. The van der Waals surface area contributed by atoms with Gasteiger partial charge in [-0.25, -0.2) is 0 Å². The molecule has 4 heteroatoms. The maximum atomic E-state index is 6.65. The fourth-order valence-electron chi connectivity index (χ4n) is 4.55. The van der Waals surface area contributed by atoms with Crippen molar-refractivity contribution in [3.63, 3.8) is 0 Å². The molecule has 156 valence electrons. The van der Waals surface area contributed by atoms with E-state index >= 15 is 0 Å². The summed E-state index contributed by atoms with van der Waals surface area (Å²) < 4.78 is 18.6. The van der Waals surface area contributed by atoms with Crippen LogP contribution in [0, 0.1) is 0 Å². The monoisotopic (exact) mass is 436 g/mol. The fraction of sp³-hybridized carbons (Fsp3) is 0.0714. The first-order valence-corrected chi connectivity index (χ1v) is 11.8. The first kappa shape index (κ1) is 19.2. The van der Waals surface area contributed by atoms with Gasteiger partial charge in [-0.3, -0.25) is 0 Å². The average Bonchev–Trinajstić information content (AvgIpc) is 2.86. The normalized spacial score (nSPS) is 14.5. The van der Waals surface area contributed by atoms with Crippen molar-refractivity contribution in [2.45, 2.75) is 0 Å². The summed E-state index contributed by atoms with van der Waals surface area (Å²) in [6.07, 6.45) is 0. The second-order valence-corrected chi connectivity index (χ2v) is 9.51. The second-order valence-electron chi connectivity index (χ2n) is 7.78. The van der Waals surface area contributed by atoms with Crippen LogP contribution in [-0.4, -0.2) is 14.2 Å². The van der Waals surface area contributed by atoms with Gasteiger partial charge < -0.3 is 14.0 Å². The number of benzene rings is 5. The Morgan fingerprint density at radius 2 is 1.28 bits per heavy atom. The number of para-hydroxylation sites is 1. The SMILES string of the molecule is COc1cc(P2Oc3ccccc3-c3ccccc32)c(OC)c2cc3ccccc3cc12. The van der Waals surface area contributed by atoms with Crippen LogP contribution < -0.4 is 24.6 Å². The molecule has 0 saturated carbocycles. The molecule has 0 amide bonds. The third-order valence-electron chi connectivity index (χ3n) is 6.03. The summed E-state index contributed by atoms with van der Waals surface area (Å²) in [5.74, 6) is 2.56. The molecule has 1 heterocycles. The van der Waals surface area contributed by atoms with Crippen LogP contribution in [0.1, 0.15) is 0 Å². The molecule has 0 saturated heterocycles.